The van der Waals surface area contributed by atoms with Crippen LogP contribution in [0.5, 0.6) is 5.75 Å². The van der Waals surface area contributed by atoms with E-state index in [1.165, 1.54) is 13.0 Å². The summed E-state index contributed by atoms with van der Waals surface area (Å²) in [6.45, 7) is 1.23. The lowest BCUT2D eigenvalue weighted by molar-refractivity contribution is -0.387. The molecule has 0 amide bonds. The molecule has 0 atom stereocenters. The quantitative estimate of drug-likeness (QED) is 0.437. The van der Waals surface area contributed by atoms with Gasteiger partial charge >= 0.3 is 5.69 Å². The summed E-state index contributed by atoms with van der Waals surface area (Å²) in [5, 5.41) is 10.4. The molecule has 0 aromatic heterocycles. The molecule has 6 heteroatoms. The number of nitrogens with zero attached hydrogens (tertiary/aromatic N) is 1. The number of carbonyl (C=O) groups excluding carboxylic acids is 1. The van der Waals surface area contributed by atoms with Gasteiger partial charge in [-0.05, 0) is 13.0 Å². The number of benzene rings is 1. The second-order valence-electron chi connectivity index (χ2n) is 2.79. The van der Waals surface area contributed by atoms with Crippen LogP contribution in [0.1, 0.15) is 17.3 Å². The molecule has 1 aromatic rings. The molecular formula is C9H8FNO4. The third kappa shape index (κ3) is 1.93. The van der Waals surface area contributed by atoms with Gasteiger partial charge in [0.2, 0.25) is 5.82 Å². The first kappa shape index (κ1) is 11.1. The molecule has 0 aliphatic heterocycles. The third-order valence-corrected chi connectivity index (χ3v) is 1.86. The standard InChI is InChI=1S/C9H8FNO4/c1-5(12)6-3-4-7(11(13)14)8(10)9(6)15-2/h3-4H,1-2H3. The summed E-state index contributed by atoms with van der Waals surface area (Å²) >= 11 is 0. The van der Waals surface area contributed by atoms with Crippen molar-refractivity contribution in [2.24, 2.45) is 0 Å². The van der Waals surface area contributed by atoms with E-state index in [0.717, 1.165) is 13.2 Å². The Bertz CT molecular complexity index is 430. The number of carbonyl (C=O) groups is 1. The van der Waals surface area contributed by atoms with Crippen LogP contribution in [0.4, 0.5) is 10.1 Å². The minimum atomic E-state index is -1.13. The Labute approximate surface area is 84.6 Å². The number of ether oxygens (including phenoxy) is 1. The van der Waals surface area contributed by atoms with Crippen molar-refractivity contribution in [2.75, 3.05) is 7.11 Å². The Balaban J connectivity index is 3.45. The number of Topliss-reactive ketones (excluding diaryl/α,β-unsaturated/α-hetero) is 1. The van der Waals surface area contributed by atoms with Crippen molar-refractivity contribution in [1.82, 2.24) is 0 Å². The van der Waals surface area contributed by atoms with Crippen molar-refractivity contribution < 1.29 is 18.8 Å². The number of nitro groups is 1. The van der Waals surface area contributed by atoms with E-state index in [0.29, 0.717) is 0 Å². The van der Waals surface area contributed by atoms with Crippen LogP contribution in [0.3, 0.4) is 0 Å². The number of hydrogen-bond donors (Lipinski definition) is 0. The van der Waals surface area contributed by atoms with Gasteiger partial charge in [-0.2, -0.15) is 4.39 Å². The predicted octanol–water partition coefficient (Wildman–Crippen LogP) is 1.95. The lowest BCUT2D eigenvalue weighted by Crippen LogP contribution is -2.03. The van der Waals surface area contributed by atoms with Gasteiger partial charge in [0.05, 0.1) is 17.6 Å². The predicted molar refractivity (Wildman–Crippen MR) is 49.6 cm³/mol. The van der Waals surface area contributed by atoms with Crippen molar-refractivity contribution in [3.8, 4) is 5.75 Å². The summed E-state index contributed by atoms with van der Waals surface area (Å²) in [6.07, 6.45) is 0. The molecule has 0 radical (unpaired) electrons. The Morgan fingerprint density at radius 1 is 1.53 bits per heavy atom. The van der Waals surface area contributed by atoms with Gasteiger partial charge in [0.1, 0.15) is 0 Å². The first-order chi connectivity index (χ1) is 6.99. The van der Waals surface area contributed by atoms with Crippen LogP contribution < -0.4 is 4.74 Å². The minimum absolute atomic E-state index is 0.0133. The summed E-state index contributed by atoms with van der Waals surface area (Å²) in [4.78, 5) is 20.6. The maximum Gasteiger partial charge on any atom is 0.308 e. The molecule has 0 aliphatic rings. The number of methoxy groups -OCH3 is 1. The van der Waals surface area contributed by atoms with Crippen molar-refractivity contribution in [3.05, 3.63) is 33.6 Å². The summed E-state index contributed by atoms with van der Waals surface area (Å²) in [7, 11) is 1.15. The van der Waals surface area contributed by atoms with Gasteiger partial charge in [0, 0.05) is 6.07 Å². The normalized spacial score (nSPS) is 9.80. The van der Waals surface area contributed by atoms with Crippen LogP contribution in [0.2, 0.25) is 0 Å². The maximum atomic E-state index is 13.4. The molecule has 0 spiro atoms. The zero-order chi connectivity index (χ0) is 11.6. The average Bonchev–Trinajstić information content (AvgIpc) is 2.16. The van der Waals surface area contributed by atoms with Gasteiger partial charge in [-0.15, -0.1) is 0 Å². The van der Waals surface area contributed by atoms with Gasteiger partial charge in [-0.3, -0.25) is 14.9 Å². The third-order valence-electron chi connectivity index (χ3n) is 1.86. The number of nitro benzene ring substituents is 1. The zero-order valence-corrected chi connectivity index (χ0v) is 8.11. The molecule has 0 saturated carbocycles. The first-order valence-corrected chi connectivity index (χ1v) is 4.00. The fraction of sp³-hybridized carbons (Fsp3) is 0.222. The van der Waals surface area contributed by atoms with E-state index in [1.807, 2.05) is 0 Å². The van der Waals surface area contributed by atoms with Crippen LogP contribution in [0.25, 0.3) is 0 Å². The van der Waals surface area contributed by atoms with Gasteiger partial charge < -0.3 is 4.74 Å². The van der Waals surface area contributed by atoms with E-state index in [1.54, 1.807) is 0 Å². The highest BCUT2D eigenvalue weighted by Crippen LogP contribution is 2.30. The van der Waals surface area contributed by atoms with Crippen LogP contribution in [0.15, 0.2) is 12.1 Å². The Morgan fingerprint density at radius 3 is 2.53 bits per heavy atom. The monoisotopic (exact) mass is 213 g/mol. The molecule has 5 nitrogen and oxygen atoms in total. The van der Waals surface area contributed by atoms with Gasteiger partial charge in [-0.25, -0.2) is 0 Å². The van der Waals surface area contributed by atoms with Gasteiger partial charge in [0.25, 0.3) is 0 Å². The van der Waals surface area contributed by atoms with Crippen molar-refractivity contribution in [1.29, 1.82) is 0 Å². The van der Waals surface area contributed by atoms with Gasteiger partial charge in [-0.1, -0.05) is 0 Å². The van der Waals surface area contributed by atoms with Crippen LogP contribution in [-0.2, 0) is 0 Å². The molecule has 1 aromatic carbocycles. The smallest absolute Gasteiger partial charge is 0.308 e. The minimum Gasteiger partial charge on any atom is -0.493 e. The number of ketones is 1. The number of halogens is 1. The average molecular weight is 213 g/mol. The molecule has 0 bridgehead atoms. The molecule has 0 heterocycles. The van der Waals surface area contributed by atoms with E-state index in [9.17, 15) is 19.3 Å². The molecule has 0 unspecified atom stereocenters. The summed E-state index contributed by atoms with van der Waals surface area (Å²) in [5.41, 5.74) is -0.725. The maximum absolute atomic E-state index is 13.4. The van der Waals surface area contributed by atoms with Crippen LogP contribution >= 0.6 is 0 Å². The zero-order valence-electron chi connectivity index (χ0n) is 8.11. The van der Waals surface area contributed by atoms with Crippen molar-refractivity contribution in [3.63, 3.8) is 0 Å². The van der Waals surface area contributed by atoms with E-state index < -0.39 is 28.0 Å². The molecule has 80 valence electrons. The number of hydrogen-bond acceptors (Lipinski definition) is 4. The lowest BCUT2D eigenvalue weighted by atomic mass is 10.1. The second kappa shape index (κ2) is 4.04. The summed E-state index contributed by atoms with van der Waals surface area (Å²) < 4.78 is 18.1. The molecular weight excluding hydrogens is 205 g/mol. The van der Waals surface area contributed by atoms with Crippen LogP contribution in [0, 0.1) is 15.9 Å². The Kier molecular flexibility index (Phi) is 2.99. The number of rotatable bonds is 3. The van der Waals surface area contributed by atoms with E-state index in [2.05, 4.69) is 4.74 Å². The molecule has 0 aliphatic carbocycles. The second-order valence-corrected chi connectivity index (χ2v) is 2.79. The van der Waals surface area contributed by atoms with Crippen LogP contribution in [-0.4, -0.2) is 17.8 Å². The Morgan fingerprint density at radius 2 is 2.13 bits per heavy atom. The highest BCUT2D eigenvalue weighted by molar-refractivity contribution is 5.97. The summed E-state index contributed by atoms with van der Waals surface area (Å²) in [5.74, 6) is -1.94. The SMILES string of the molecule is COc1c(C(C)=O)ccc([N+](=O)[O-])c1F. The van der Waals surface area contributed by atoms with Crippen molar-refractivity contribution in [2.45, 2.75) is 6.92 Å². The molecule has 0 fully saturated rings. The molecule has 0 N–H and O–H groups in total. The van der Waals surface area contributed by atoms with E-state index in [-0.39, 0.29) is 5.56 Å². The highest BCUT2D eigenvalue weighted by atomic mass is 19.1. The largest absolute Gasteiger partial charge is 0.493 e. The molecule has 1 rings (SSSR count). The first-order valence-electron chi connectivity index (χ1n) is 4.00. The highest BCUT2D eigenvalue weighted by Gasteiger charge is 2.23. The lowest BCUT2D eigenvalue weighted by Gasteiger charge is -2.06. The molecule has 0 saturated heterocycles. The topological polar surface area (TPSA) is 69.4 Å². The molecule has 15 heavy (non-hydrogen) atoms. The van der Waals surface area contributed by atoms with E-state index in [4.69, 9.17) is 0 Å². The summed E-state index contributed by atoms with van der Waals surface area (Å²) in [6, 6.07) is 2.11. The fourth-order valence-corrected chi connectivity index (χ4v) is 1.16. The van der Waals surface area contributed by atoms with E-state index >= 15 is 0 Å². The van der Waals surface area contributed by atoms with Gasteiger partial charge in [0.15, 0.2) is 11.5 Å². The Hall–Kier alpha value is -1.98. The van der Waals surface area contributed by atoms with Crippen molar-refractivity contribution >= 4 is 11.5 Å². The fourth-order valence-electron chi connectivity index (χ4n) is 1.16.